The van der Waals surface area contributed by atoms with Crippen molar-refractivity contribution < 1.29 is 32.6 Å². The van der Waals surface area contributed by atoms with Gasteiger partial charge in [-0.25, -0.2) is 9.18 Å². The molecule has 2 aromatic rings. The zero-order valence-corrected chi connectivity index (χ0v) is 10.3. The zero-order valence-electron chi connectivity index (χ0n) is 10.3. The van der Waals surface area contributed by atoms with E-state index in [1.54, 1.807) is 0 Å². The second kappa shape index (κ2) is 5.08. The molecule has 0 aliphatic carbocycles. The van der Waals surface area contributed by atoms with Crippen LogP contribution >= 0.6 is 0 Å². The molecule has 0 fully saturated rings. The van der Waals surface area contributed by atoms with Gasteiger partial charge in [0.25, 0.3) is 0 Å². The number of halogens is 4. The van der Waals surface area contributed by atoms with E-state index in [0.29, 0.717) is 12.1 Å². The Labute approximate surface area is 116 Å². The molecule has 110 valence electrons. The molecule has 2 aromatic carbocycles. The Bertz CT molecular complexity index is 708. The Morgan fingerprint density at radius 3 is 2.10 bits per heavy atom. The number of carboxylic acid groups (broad SMARTS) is 1. The van der Waals surface area contributed by atoms with E-state index in [9.17, 15) is 27.5 Å². The van der Waals surface area contributed by atoms with E-state index >= 15 is 0 Å². The second-order valence-corrected chi connectivity index (χ2v) is 4.23. The van der Waals surface area contributed by atoms with Crippen molar-refractivity contribution in [2.75, 3.05) is 0 Å². The van der Waals surface area contributed by atoms with E-state index in [4.69, 9.17) is 5.11 Å². The number of alkyl halides is 3. The first-order valence-electron chi connectivity index (χ1n) is 5.63. The number of carboxylic acids is 1. The van der Waals surface area contributed by atoms with Gasteiger partial charge >= 0.3 is 12.1 Å². The number of aromatic carboxylic acids is 1. The molecule has 2 N–H and O–H groups in total. The van der Waals surface area contributed by atoms with Gasteiger partial charge < -0.3 is 10.2 Å². The summed E-state index contributed by atoms with van der Waals surface area (Å²) in [4.78, 5) is 10.9. The van der Waals surface area contributed by atoms with Crippen LogP contribution in [0.15, 0.2) is 36.4 Å². The van der Waals surface area contributed by atoms with Crippen LogP contribution < -0.4 is 0 Å². The van der Waals surface area contributed by atoms with E-state index in [1.807, 2.05) is 0 Å². The molecule has 2 rings (SSSR count). The van der Waals surface area contributed by atoms with Crippen LogP contribution in [0.1, 0.15) is 15.9 Å². The SMILES string of the molecule is O=C(O)c1cc(-c2ccc(C(F)(F)F)c(F)c2)ccc1O. The molecule has 0 heterocycles. The van der Waals surface area contributed by atoms with Crippen molar-refractivity contribution in [3.05, 3.63) is 53.3 Å². The minimum Gasteiger partial charge on any atom is -0.507 e. The summed E-state index contributed by atoms with van der Waals surface area (Å²) in [6.07, 6.45) is -4.80. The lowest BCUT2D eigenvalue weighted by Crippen LogP contribution is -2.07. The Morgan fingerprint density at radius 2 is 1.57 bits per heavy atom. The summed E-state index contributed by atoms with van der Waals surface area (Å²) in [7, 11) is 0. The predicted octanol–water partition coefficient (Wildman–Crippen LogP) is 3.92. The maximum absolute atomic E-state index is 13.5. The fourth-order valence-electron chi connectivity index (χ4n) is 1.81. The van der Waals surface area contributed by atoms with E-state index in [0.717, 1.165) is 18.2 Å². The summed E-state index contributed by atoms with van der Waals surface area (Å²) in [6, 6.07) is 5.70. The molecule has 0 aliphatic heterocycles. The van der Waals surface area contributed by atoms with Crippen molar-refractivity contribution in [3.8, 4) is 16.9 Å². The lowest BCUT2D eigenvalue weighted by atomic mass is 10.0. The normalized spacial score (nSPS) is 11.4. The molecule has 21 heavy (non-hydrogen) atoms. The summed E-state index contributed by atoms with van der Waals surface area (Å²) in [5.41, 5.74) is -1.57. The predicted molar refractivity (Wildman–Crippen MR) is 65.5 cm³/mol. The topological polar surface area (TPSA) is 57.5 Å². The summed E-state index contributed by atoms with van der Waals surface area (Å²) >= 11 is 0. The van der Waals surface area contributed by atoms with Gasteiger partial charge in [-0.05, 0) is 35.4 Å². The fourth-order valence-corrected chi connectivity index (χ4v) is 1.81. The molecular formula is C14H8F4O3. The zero-order chi connectivity index (χ0) is 15.8. The Hall–Kier alpha value is -2.57. The molecule has 0 bridgehead atoms. The quantitative estimate of drug-likeness (QED) is 0.827. The van der Waals surface area contributed by atoms with E-state index in [1.165, 1.54) is 6.07 Å². The third-order valence-corrected chi connectivity index (χ3v) is 2.83. The average Bonchev–Trinajstić information content (AvgIpc) is 2.37. The smallest absolute Gasteiger partial charge is 0.419 e. The summed E-state index contributed by atoms with van der Waals surface area (Å²) < 4.78 is 50.8. The molecule has 0 saturated carbocycles. The van der Waals surface area contributed by atoms with Gasteiger partial charge in [-0.3, -0.25) is 0 Å². The average molecular weight is 300 g/mol. The molecule has 3 nitrogen and oxygen atoms in total. The number of phenols is 1. The van der Waals surface area contributed by atoms with Gasteiger partial charge in [0, 0.05) is 0 Å². The van der Waals surface area contributed by atoms with Gasteiger partial charge in [0.1, 0.15) is 17.1 Å². The number of hydrogen-bond donors (Lipinski definition) is 2. The monoisotopic (exact) mass is 300 g/mol. The van der Waals surface area contributed by atoms with Crippen molar-refractivity contribution in [1.29, 1.82) is 0 Å². The van der Waals surface area contributed by atoms with Crippen molar-refractivity contribution in [2.24, 2.45) is 0 Å². The minimum absolute atomic E-state index is 0.0722. The Morgan fingerprint density at radius 1 is 1.00 bits per heavy atom. The summed E-state index contributed by atoms with van der Waals surface area (Å²) in [6.45, 7) is 0. The fraction of sp³-hybridized carbons (Fsp3) is 0.0714. The van der Waals surface area contributed by atoms with Crippen LogP contribution in [-0.4, -0.2) is 16.2 Å². The van der Waals surface area contributed by atoms with Crippen LogP contribution in [0.5, 0.6) is 5.75 Å². The van der Waals surface area contributed by atoms with E-state index in [2.05, 4.69) is 0 Å². The lowest BCUT2D eigenvalue weighted by Gasteiger charge is -2.10. The molecule has 0 amide bonds. The Kier molecular flexibility index (Phi) is 3.59. The number of rotatable bonds is 2. The van der Waals surface area contributed by atoms with Crippen LogP contribution in [0, 0.1) is 5.82 Å². The largest absolute Gasteiger partial charge is 0.507 e. The van der Waals surface area contributed by atoms with Crippen LogP contribution in [0.4, 0.5) is 17.6 Å². The van der Waals surface area contributed by atoms with Crippen molar-refractivity contribution in [3.63, 3.8) is 0 Å². The molecule has 0 radical (unpaired) electrons. The third-order valence-electron chi connectivity index (χ3n) is 2.83. The highest BCUT2D eigenvalue weighted by Crippen LogP contribution is 2.34. The summed E-state index contributed by atoms with van der Waals surface area (Å²) in [5.74, 6) is -3.34. The highest BCUT2D eigenvalue weighted by Gasteiger charge is 2.33. The van der Waals surface area contributed by atoms with Crippen LogP contribution in [-0.2, 0) is 6.18 Å². The van der Waals surface area contributed by atoms with Crippen LogP contribution in [0.3, 0.4) is 0 Å². The highest BCUT2D eigenvalue weighted by molar-refractivity contribution is 5.92. The first kappa shape index (κ1) is 14.8. The number of carbonyl (C=O) groups is 1. The minimum atomic E-state index is -4.80. The molecule has 7 heteroatoms. The van der Waals surface area contributed by atoms with Gasteiger partial charge in [0.15, 0.2) is 0 Å². The standard InChI is InChI=1S/C14H8F4O3/c15-11-6-8(1-3-10(11)14(16,17)18)7-2-4-12(19)9(5-7)13(20)21/h1-6,19H,(H,20,21). The van der Waals surface area contributed by atoms with Crippen molar-refractivity contribution in [1.82, 2.24) is 0 Å². The second-order valence-electron chi connectivity index (χ2n) is 4.23. The molecule has 0 spiro atoms. The summed E-state index contributed by atoms with van der Waals surface area (Å²) in [5, 5.41) is 18.2. The maximum atomic E-state index is 13.5. The molecule has 0 unspecified atom stereocenters. The van der Waals surface area contributed by atoms with Gasteiger partial charge in [0.05, 0.1) is 5.56 Å². The first-order chi connectivity index (χ1) is 9.70. The Balaban J connectivity index is 2.51. The molecular weight excluding hydrogens is 292 g/mol. The number of hydrogen-bond acceptors (Lipinski definition) is 2. The van der Waals surface area contributed by atoms with Gasteiger partial charge in [0.2, 0.25) is 0 Å². The van der Waals surface area contributed by atoms with Crippen LogP contribution in [0.2, 0.25) is 0 Å². The number of aromatic hydroxyl groups is 1. The van der Waals surface area contributed by atoms with E-state index < -0.39 is 34.8 Å². The van der Waals surface area contributed by atoms with Gasteiger partial charge in [-0.1, -0.05) is 12.1 Å². The van der Waals surface area contributed by atoms with Crippen molar-refractivity contribution >= 4 is 5.97 Å². The first-order valence-corrected chi connectivity index (χ1v) is 5.63. The highest BCUT2D eigenvalue weighted by atomic mass is 19.4. The van der Waals surface area contributed by atoms with Crippen LogP contribution in [0.25, 0.3) is 11.1 Å². The molecule has 0 saturated heterocycles. The molecule has 0 aliphatic rings. The maximum Gasteiger partial charge on any atom is 0.419 e. The third kappa shape index (κ3) is 2.96. The van der Waals surface area contributed by atoms with E-state index in [-0.39, 0.29) is 11.1 Å². The van der Waals surface area contributed by atoms with Crippen molar-refractivity contribution in [2.45, 2.75) is 6.18 Å². The van der Waals surface area contributed by atoms with Gasteiger partial charge in [-0.15, -0.1) is 0 Å². The van der Waals surface area contributed by atoms with Gasteiger partial charge in [-0.2, -0.15) is 13.2 Å². The molecule has 0 atom stereocenters. The number of benzene rings is 2. The molecule has 0 aromatic heterocycles. The lowest BCUT2D eigenvalue weighted by molar-refractivity contribution is -0.139.